The third-order valence-electron chi connectivity index (χ3n) is 4.70. The van der Waals surface area contributed by atoms with Crippen LogP contribution in [0, 0.1) is 5.41 Å². The van der Waals surface area contributed by atoms with Crippen LogP contribution in [0.4, 0.5) is 0 Å². The van der Waals surface area contributed by atoms with Crippen molar-refractivity contribution in [3.05, 3.63) is 0 Å². The molecule has 0 amide bonds. The van der Waals surface area contributed by atoms with E-state index in [2.05, 4.69) is 6.92 Å². The van der Waals surface area contributed by atoms with Crippen LogP contribution >= 0.6 is 0 Å². The summed E-state index contributed by atoms with van der Waals surface area (Å²) in [6.45, 7) is 3.16. The summed E-state index contributed by atoms with van der Waals surface area (Å²) in [6, 6.07) is 0.414. The third kappa shape index (κ3) is 2.28. The van der Waals surface area contributed by atoms with Crippen LogP contribution in [0.25, 0.3) is 0 Å². The van der Waals surface area contributed by atoms with Gasteiger partial charge in [0.2, 0.25) is 0 Å². The maximum Gasteiger partial charge on any atom is 0.0661 e. The minimum atomic E-state index is 0.365. The van der Waals surface area contributed by atoms with E-state index in [1.807, 2.05) is 0 Å². The molecule has 0 radical (unpaired) electrons. The Morgan fingerprint density at radius 1 is 1.19 bits per heavy atom. The Kier molecular flexibility index (Phi) is 4.26. The minimum Gasteiger partial charge on any atom is -0.378 e. The van der Waals surface area contributed by atoms with Crippen molar-refractivity contribution in [3.63, 3.8) is 0 Å². The van der Waals surface area contributed by atoms with E-state index in [1.165, 1.54) is 51.4 Å². The molecule has 2 fully saturated rings. The standard InChI is InChI=1S/C14H27NO/c1-2-3-10-16-13-11-12(15)14(13)8-6-4-5-7-9-14/h12-13H,2-11,15H2,1H3. The van der Waals surface area contributed by atoms with E-state index in [-0.39, 0.29) is 0 Å². The van der Waals surface area contributed by atoms with Gasteiger partial charge in [-0.25, -0.2) is 0 Å². The van der Waals surface area contributed by atoms with Gasteiger partial charge in [0.05, 0.1) is 6.10 Å². The molecule has 0 heterocycles. The number of nitrogens with two attached hydrogens (primary N) is 1. The molecule has 2 aliphatic carbocycles. The molecular weight excluding hydrogens is 198 g/mol. The van der Waals surface area contributed by atoms with Gasteiger partial charge in [0.25, 0.3) is 0 Å². The summed E-state index contributed by atoms with van der Waals surface area (Å²) in [5.74, 6) is 0. The largest absolute Gasteiger partial charge is 0.378 e. The van der Waals surface area contributed by atoms with Crippen LogP contribution in [0.15, 0.2) is 0 Å². The van der Waals surface area contributed by atoms with E-state index in [0.717, 1.165) is 13.0 Å². The van der Waals surface area contributed by atoms with Gasteiger partial charge in [0, 0.05) is 18.1 Å². The van der Waals surface area contributed by atoms with Crippen molar-refractivity contribution in [1.82, 2.24) is 0 Å². The molecule has 0 aromatic rings. The predicted octanol–water partition coefficient (Wildman–Crippen LogP) is 3.24. The van der Waals surface area contributed by atoms with Crippen LogP contribution in [0.5, 0.6) is 0 Å². The zero-order chi connectivity index (χ0) is 11.4. The molecule has 0 saturated heterocycles. The number of ether oxygens (including phenoxy) is 1. The first-order valence-electron chi connectivity index (χ1n) is 7.17. The van der Waals surface area contributed by atoms with Gasteiger partial charge >= 0.3 is 0 Å². The Hall–Kier alpha value is -0.0800. The van der Waals surface area contributed by atoms with Crippen molar-refractivity contribution in [2.24, 2.45) is 11.1 Å². The third-order valence-corrected chi connectivity index (χ3v) is 4.70. The lowest BCUT2D eigenvalue weighted by atomic mass is 9.58. The number of hydrogen-bond acceptors (Lipinski definition) is 2. The Morgan fingerprint density at radius 3 is 2.44 bits per heavy atom. The molecule has 0 aromatic heterocycles. The van der Waals surface area contributed by atoms with Crippen molar-refractivity contribution in [2.45, 2.75) is 76.9 Å². The van der Waals surface area contributed by atoms with Crippen LogP contribution in [-0.4, -0.2) is 18.8 Å². The highest BCUT2D eigenvalue weighted by Crippen LogP contribution is 2.51. The smallest absolute Gasteiger partial charge is 0.0661 e. The van der Waals surface area contributed by atoms with Crippen molar-refractivity contribution < 1.29 is 4.74 Å². The van der Waals surface area contributed by atoms with Crippen LogP contribution in [0.1, 0.15) is 64.7 Å². The molecule has 2 nitrogen and oxygen atoms in total. The van der Waals surface area contributed by atoms with Gasteiger partial charge in [-0.05, 0) is 25.7 Å². The van der Waals surface area contributed by atoms with Crippen LogP contribution < -0.4 is 5.73 Å². The van der Waals surface area contributed by atoms with Crippen LogP contribution in [0.3, 0.4) is 0 Å². The van der Waals surface area contributed by atoms with Crippen LogP contribution in [-0.2, 0) is 4.74 Å². The summed E-state index contributed by atoms with van der Waals surface area (Å²) in [4.78, 5) is 0. The van der Waals surface area contributed by atoms with Gasteiger partial charge in [0.15, 0.2) is 0 Å². The molecular formula is C14H27NO. The summed E-state index contributed by atoms with van der Waals surface area (Å²) in [5, 5.41) is 0. The van der Waals surface area contributed by atoms with E-state index < -0.39 is 0 Å². The SMILES string of the molecule is CCCCOC1CC(N)C12CCCCCC2. The summed E-state index contributed by atoms with van der Waals surface area (Å²) in [6.07, 6.45) is 12.1. The second-order valence-corrected chi connectivity index (χ2v) is 5.70. The molecule has 2 unspecified atom stereocenters. The van der Waals surface area contributed by atoms with Gasteiger partial charge in [-0.1, -0.05) is 39.0 Å². The molecule has 2 rings (SSSR count). The fourth-order valence-electron chi connectivity index (χ4n) is 3.46. The highest BCUT2D eigenvalue weighted by atomic mass is 16.5. The molecule has 2 saturated carbocycles. The molecule has 0 bridgehead atoms. The van der Waals surface area contributed by atoms with Crippen molar-refractivity contribution >= 4 is 0 Å². The Morgan fingerprint density at radius 2 is 1.88 bits per heavy atom. The van der Waals surface area contributed by atoms with Gasteiger partial charge in [-0.2, -0.15) is 0 Å². The number of unbranched alkanes of at least 4 members (excludes halogenated alkanes) is 1. The monoisotopic (exact) mass is 225 g/mol. The fourth-order valence-corrected chi connectivity index (χ4v) is 3.46. The maximum absolute atomic E-state index is 6.27. The van der Waals surface area contributed by atoms with Gasteiger partial charge < -0.3 is 10.5 Å². The summed E-state index contributed by atoms with van der Waals surface area (Å²) >= 11 is 0. The zero-order valence-corrected chi connectivity index (χ0v) is 10.7. The van der Waals surface area contributed by atoms with E-state index in [1.54, 1.807) is 0 Å². The molecule has 2 atom stereocenters. The summed E-state index contributed by atoms with van der Waals surface area (Å²) < 4.78 is 6.06. The van der Waals surface area contributed by atoms with Crippen molar-refractivity contribution in [3.8, 4) is 0 Å². The molecule has 94 valence electrons. The van der Waals surface area contributed by atoms with E-state index in [0.29, 0.717) is 17.6 Å². The normalized spacial score (nSPS) is 33.4. The van der Waals surface area contributed by atoms with Gasteiger partial charge in [-0.3, -0.25) is 0 Å². The Labute approximate surface area is 99.9 Å². The van der Waals surface area contributed by atoms with E-state index >= 15 is 0 Å². The molecule has 2 heteroatoms. The van der Waals surface area contributed by atoms with E-state index in [4.69, 9.17) is 10.5 Å². The number of rotatable bonds is 4. The topological polar surface area (TPSA) is 35.2 Å². The first-order chi connectivity index (χ1) is 7.79. The first-order valence-corrected chi connectivity index (χ1v) is 7.17. The quantitative estimate of drug-likeness (QED) is 0.745. The zero-order valence-electron chi connectivity index (χ0n) is 10.7. The molecule has 1 spiro atoms. The highest BCUT2D eigenvalue weighted by Gasteiger charge is 2.53. The van der Waals surface area contributed by atoms with E-state index in [9.17, 15) is 0 Å². The lowest BCUT2D eigenvalue weighted by Gasteiger charge is -2.54. The average Bonchev–Trinajstić information content (AvgIpc) is 2.55. The van der Waals surface area contributed by atoms with Crippen molar-refractivity contribution in [2.75, 3.05) is 6.61 Å². The van der Waals surface area contributed by atoms with Crippen molar-refractivity contribution in [1.29, 1.82) is 0 Å². The highest BCUT2D eigenvalue weighted by molar-refractivity contribution is 5.06. The number of hydrogen-bond donors (Lipinski definition) is 1. The first kappa shape index (κ1) is 12.4. The summed E-state index contributed by atoms with van der Waals surface area (Å²) in [7, 11) is 0. The Bertz CT molecular complexity index is 209. The molecule has 0 aliphatic heterocycles. The molecule has 2 aliphatic rings. The minimum absolute atomic E-state index is 0.365. The Balaban J connectivity index is 1.88. The lowest BCUT2D eigenvalue weighted by molar-refractivity contribution is -0.134. The average molecular weight is 225 g/mol. The second-order valence-electron chi connectivity index (χ2n) is 5.70. The predicted molar refractivity (Wildman–Crippen MR) is 67.4 cm³/mol. The molecule has 0 aromatic carbocycles. The molecule has 16 heavy (non-hydrogen) atoms. The maximum atomic E-state index is 6.27. The van der Waals surface area contributed by atoms with Crippen LogP contribution in [0.2, 0.25) is 0 Å². The second kappa shape index (κ2) is 5.50. The fraction of sp³-hybridized carbons (Fsp3) is 1.00. The summed E-state index contributed by atoms with van der Waals surface area (Å²) in [5.41, 5.74) is 6.64. The lowest BCUT2D eigenvalue weighted by Crippen LogP contribution is -2.62. The molecule has 2 N–H and O–H groups in total. The van der Waals surface area contributed by atoms with Gasteiger partial charge in [0.1, 0.15) is 0 Å². The van der Waals surface area contributed by atoms with Gasteiger partial charge in [-0.15, -0.1) is 0 Å².